The summed E-state index contributed by atoms with van der Waals surface area (Å²) in [5, 5.41) is 8.55. The second kappa shape index (κ2) is 6.75. The molecule has 24 heavy (non-hydrogen) atoms. The van der Waals surface area contributed by atoms with Gasteiger partial charge in [-0.25, -0.2) is 0 Å². The highest BCUT2D eigenvalue weighted by Crippen LogP contribution is 2.24. The fraction of sp³-hybridized carbons (Fsp3) is 0.190. The van der Waals surface area contributed by atoms with Crippen LogP contribution in [0.2, 0.25) is 0 Å². The molecule has 0 saturated carbocycles. The zero-order chi connectivity index (χ0) is 17.1. The Morgan fingerprint density at radius 2 is 1.58 bits per heavy atom. The summed E-state index contributed by atoms with van der Waals surface area (Å²) in [4.78, 5) is 12.3. The molecule has 3 heteroatoms. The molecule has 0 atom stereocenters. The molecule has 0 bridgehead atoms. The first-order chi connectivity index (χ1) is 11.5. The predicted molar refractivity (Wildman–Crippen MR) is 102 cm³/mol. The van der Waals surface area contributed by atoms with Crippen molar-refractivity contribution >= 4 is 28.1 Å². The van der Waals surface area contributed by atoms with Crippen LogP contribution in [0.25, 0.3) is 10.8 Å². The van der Waals surface area contributed by atoms with Gasteiger partial charge in [0.15, 0.2) is 0 Å². The van der Waals surface area contributed by atoms with Crippen LogP contribution in [0.3, 0.4) is 0 Å². The summed E-state index contributed by atoms with van der Waals surface area (Å²) < 4.78 is 0. The third-order valence-electron chi connectivity index (χ3n) is 4.17. The smallest absolute Gasteiger partial charge is 0.243 e. The summed E-state index contributed by atoms with van der Waals surface area (Å²) in [5.74, 6) is -0.0435. The molecule has 0 radical (unpaired) electrons. The van der Waals surface area contributed by atoms with E-state index in [9.17, 15) is 4.79 Å². The van der Waals surface area contributed by atoms with Gasteiger partial charge in [0, 0.05) is 16.8 Å². The minimum Gasteiger partial charge on any atom is -0.376 e. The lowest BCUT2D eigenvalue weighted by atomic mass is 10.1. The number of nitrogens with one attached hydrogen (secondary N) is 2. The second-order valence-corrected chi connectivity index (χ2v) is 6.20. The van der Waals surface area contributed by atoms with Gasteiger partial charge >= 0.3 is 0 Å². The fourth-order valence-electron chi connectivity index (χ4n) is 3.12. The molecular weight excluding hydrogens is 296 g/mol. The van der Waals surface area contributed by atoms with Crippen molar-refractivity contribution in [2.75, 3.05) is 17.2 Å². The normalized spacial score (nSPS) is 10.6. The van der Waals surface area contributed by atoms with Crippen molar-refractivity contribution in [3.8, 4) is 0 Å². The maximum absolute atomic E-state index is 12.3. The number of anilines is 2. The van der Waals surface area contributed by atoms with Gasteiger partial charge in [-0.2, -0.15) is 0 Å². The number of rotatable bonds is 4. The van der Waals surface area contributed by atoms with Gasteiger partial charge in [-0.3, -0.25) is 4.79 Å². The fourth-order valence-corrected chi connectivity index (χ4v) is 3.12. The zero-order valence-corrected chi connectivity index (χ0v) is 14.3. The van der Waals surface area contributed by atoms with Gasteiger partial charge < -0.3 is 10.6 Å². The van der Waals surface area contributed by atoms with Crippen molar-refractivity contribution in [3.05, 3.63) is 71.3 Å². The van der Waals surface area contributed by atoms with Gasteiger partial charge in [0.25, 0.3) is 0 Å². The summed E-state index contributed by atoms with van der Waals surface area (Å²) in [6, 6.07) is 18.4. The first-order valence-corrected chi connectivity index (χ1v) is 8.14. The van der Waals surface area contributed by atoms with E-state index in [1.807, 2.05) is 38.1 Å². The highest BCUT2D eigenvalue weighted by Gasteiger charge is 2.09. The average Bonchev–Trinajstić information content (AvgIpc) is 2.56. The molecule has 0 spiro atoms. The number of carbonyl (C=O) groups is 1. The van der Waals surface area contributed by atoms with Gasteiger partial charge in [-0.1, -0.05) is 54.1 Å². The van der Waals surface area contributed by atoms with Crippen molar-refractivity contribution in [1.82, 2.24) is 0 Å². The van der Waals surface area contributed by atoms with E-state index in [1.54, 1.807) is 0 Å². The molecule has 1 amide bonds. The van der Waals surface area contributed by atoms with Crippen LogP contribution in [-0.4, -0.2) is 12.5 Å². The Morgan fingerprint density at radius 3 is 2.33 bits per heavy atom. The topological polar surface area (TPSA) is 41.1 Å². The number of carbonyl (C=O) groups excluding carboxylic acids is 1. The molecule has 0 fully saturated rings. The predicted octanol–water partition coefficient (Wildman–Crippen LogP) is 4.82. The highest BCUT2D eigenvalue weighted by molar-refractivity contribution is 5.98. The lowest BCUT2D eigenvalue weighted by Crippen LogP contribution is -2.22. The molecule has 0 heterocycles. The van der Waals surface area contributed by atoms with E-state index in [0.29, 0.717) is 0 Å². The Hall–Kier alpha value is -2.81. The minimum absolute atomic E-state index is 0.0435. The van der Waals surface area contributed by atoms with Crippen LogP contribution in [0.5, 0.6) is 0 Å². The van der Waals surface area contributed by atoms with Crippen molar-refractivity contribution in [2.45, 2.75) is 20.8 Å². The van der Waals surface area contributed by atoms with Crippen molar-refractivity contribution < 1.29 is 4.79 Å². The monoisotopic (exact) mass is 318 g/mol. The molecule has 3 aromatic rings. The number of hydrogen-bond donors (Lipinski definition) is 2. The Morgan fingerprint density at radius 1 is 0.917 bits per heavy atom. The molecule has 0 unspecified atom stereocenters. The minimum atomic E-state index is -0.0435. The van der Waals surface area contributed by atoms with Gasteiger partial charge in [-0.15, -0.1) is 0 Å². The van der Waals surface area contributed by atoms with Gasteiger partial charge in [0.05, 0.1) is 6.54 Å². The molecular formula is C21H22N2O. The van der Waals surface area contributed by atoms with Crippen LogP contribution >= 0.6 is 0 Å². The van der Waals surface area contributed by atoms with Gasteiger partial charge in [0.1, 0.15) is 0 Å². The van der Waals surface area contributed by atoms with Crippen LogP contribution in [-0.2, 0) is 4.79 Å². The molecule has 0 aliphatic heterocycles. The summed E-state index contributed by atoms with van der Waals surface area (Å²) >= 11 is 0. The summed E-state index contributed by atoms with van der Waals surface area (Å²) in [6.07, 6.45) is 0. The van der Waals surface area contributed by atoms with E-state index in [2.05, 4.69) is 47.9 Å². The molecule has 0 saturated heterocycles. The summed E-state index contributed by atoms with van der Waals surface area (Å²) in [7, 11) is 0. The van der Waals surface area contributed by atoms with Gasteiger partial charge in [-0.05, 0) is 43.4 Å². The molecule has 2 N–H and O–H groups in total. The molecule has 0 aromatic heterocycles. The molecule has 122 valence electrons. The standard InChI is InChI=1S/C21H22N2O/c1-14-11-15(2)21(16(3)12-14)23-20(24)13-22-19-10-6-8-17-7-4-5-9-18(17)19/h4-12,22H,13H2,1-3H3,(H,23,24). The van der Waals surface area contributed by atoms with E-state index in [-0.39, 0.29) is 12.5 Å². The van der Waals surface area contributed by atoms with Crippen LogP contribution in [0.4, 0.5) is 11.4 Å². The highest BCUT2D eigenvalue weighted by atomic mass is 16.1. The molecule has 0 aliphatic rings. The number of amides is 1. The number of benzene rings is 3. The Labute approximate surface area is 142 Å². The second-order valence-electron chi connectivity index (χ2n) is 6.20. The first-order valence-electron chi connectivity index (χ1n) is 8.14. The average molecular weight is 318 g/mol. The summed E-state index contributed by atoms with van der Waals surface area (Å²) in [5.41, 5.74) is 5.26. The lowest BCUT2D eigenvalue weighted by Gasteiger charge is -2.14. The third kappa shape index (κ3) is 3.40. The Kier molecular flexibility index (Phi) is 4.52. The Balaban J connectivity index is 1.72. The number of fused-ring (bicyclic) bond motifs is 1. The third-order valence-corrected chi connectivity index (χ3v) is 4.17. The van der Waals surface area contributed by atoms with Crippen LogP contribution < -0.4 is 10.6 Å². The van der Waals surface area contributed by atoms with E-state index in [0.717, 1.165) is 33.3 Å². The van der Waals surface area contributed by atoms with Crippen molar-refractivity contribution in [2.24, 2.45) is 0 Å². The number of hydrogen-bond acceptors (Lipinski definition) is 2. The zero-order valence-electron chi connectivity index (χ0n) is 14.3. The van der Waals surface area contributed by atoms with Crippen molar-refractivity contribution in [1.29, 1.82) is 0 Å². The maximum atomic E-state index is 12.3. The van der Waals surface area contributed by atoms with Crippen molar-refractivity contribution in [3.63, 3.8) is 0 Å². The van der Waals surface area contributed by atoms with Gasteiger partial charge in [0.2, 0.25) is 5.91 Å². The lowest BCUT2D eigenvalue weighted by molar-refractivity contribution is -0.114. The van der Waals surface area contributed by atoms with E-state index >= 15 is 0 Å². The van der Waals surface area contributed by atoms with E-state index < -0.39 is 0 Å². The maximum Gasteiger partial charge on any atom is 0.243 e. The van der Waals surface area contributed by atoms with Crippen LogP contribution in [0.1, 0.15) is 16.7 Å². The van der Waals surface area contributed by atoms with Crippen LogP contribution in [0.15, 0.2) is 54.6 Å². The molecule has 3 nitrogen and oxygen atoms in total. The largest absolute Gasteiger partial charge is 0.376 e. The quantitative estimate of drug-likeness (QED) is 0.724. The first kappa shape index (κ1) is 16.1. The van der Waals surface area contributed by atoms with E-state index in [4.69, 9.17) is 0 Å². The number of aryl methyl sites for hydroxylation is 3. The summed E-state index contributed by atoms with van der Waals surface area (Å²) in [6.45, 7) is 6.34. The molecule has 0 aliphatic carbocycles. The Bertz CT molecular complexity index is 871. The molecule has 3 rings (SSSR count). The van der Waals surface area contributed by atoms with E-state index in [1.165, 1.54) is 5.56 Å². The SMILES string of the molecule is Cc1cc(C)c(NC(=O)CNc2cccc3ccccc23)c(C)c1. The molecule has 3 aromatic carbocycles. The van der Waals surface area contributed by atoms with Crippen LogP contribution in [0, 0.1) is 20.8 Å².